The van der Waals surface area contributed by atoms with Crippen molar-refractivity contribution in [1.82, 2.24) is 14.6 Å². The number of benzene rings is 1. The van der Waals surface area contributed by atoms with Gasteiger partial charge in [0.15, 0.2) is 5.69 Å². The van der Waals surface area contributed by atoms with Gasteiger partial charge in [0.1, 0.15) is 0 Å². The molecule has 0 saturated heterocycles. The molecule has 2 heterocycles. The average molecular weight is 326 g/mol. The van der Waals surface area contributed by atoms with Gasteiger partial charge in [0.05, 0.1) is 0 Å². The van der Waals surface area contributed by atoms with E-state index in [4.69, 9.17) is 0 Å². The molecule has 3 aromatic rings. The third-order valence-corrected chi connectivity index (χ3v) is 3.70. The number of aromatic nitrogens is 3. The van der Waals surface area contributed by atoms with Gasteiger partial charge >= 0.3 is 6.18 Å². The van der Waals surface area contributed by atoms with E-state index in [1.165, 1.54) is 0 Å². The molecular formula is C13H9F3N4OS. The van der Waals surface area contributed by atoms with Gasteiger partial charge in [0.2, 0.25) is 10.1 Å². The van der Waals surface area contributed by atoms with E-state index in [1.54, 1.807) is 0 Å². The fraction of sp³-hybridized carbons (Fsp3) is 0.154. The van der Waals surface area contributed by atoms with Gasteiger partial charge in [-0.05, 0) is 5.56 Å². The molecule has 0 bridgehead atoms. The zero-order chi connectivity index (χ0) is 15.7. The molecule has 1 N–H and O–H groups in total. The molecule has 9 heteroatoms. The summed E-state index contributed by atoms with van der Waals surface area (Å²) in [5.74, 6) is 0. The second-order valence-corrected chi connectivity index (χ2v) is 5.37. The number of nitrogens with one attached hydrogen (secondary N) is 1. The minimum atomic E-state index is -4.67. The zero-order valence-corrected chi connectivity index (χ0v) is 11.8. The molecule has 0 unspecified atom stereocenters. The van der Waals surface area contributed by atoms with Gasteiger partial charge in [-0.25, -0.2) is 0 Å². The Kier molecular flexibility index (Phi) is 3.57. The maximum atomic E-state index is 12.9. The van der Waals surface area contributed by atoms with E-state index in [9.17, 15) is 18.0 Å². The zero-order valence-electron chi connectivity index (χ0n) is 11.0. The Hall–Kier alpha value is -2.42. The molecule has 0 saturated carbocycles. The van der Waals surface area contributed by atoms with Crippen molar-refractivity contribution in [2.45, 2.75) is 12.7 Å². The largest absolute Gasteiger partial charge is 0.433 e. The molecule has 0 aliphatic carbocycles. The second-order valence-electron chi connectivity index (χ2n) is 4.42. The number of hydrogen-bond acceptors (Lipinski definition) is 5. The topological polar surface area (TPSA) is 59.3 Å². The molecule has 0 aliphatic heterocycles. The van der Waals surface area contributed by atoms with Crippen LogP contribution in [0.5, 0.6) is 0 Å². The van der Waals surface area contributed by atoms with Crippen LogP contribution < -0.4 is 10.9 Å². The van der Waals surface area contributed by atoms with Crippen molar-refractivity contribution in [3.05, 3.63) is 58.0 Å². The van der Waals surface area contributed by atoms with Crippen LogP contribution in [0, 0.1) is 0 Å². The van der Waals surface area contributed by atoms with Gasteiger partial charge in [-0.2, -0.15) is 22.7 Å². The van der Waals surface area contributed by atoms with E-state index in [-0.39, 0.29) is 10.1 Å². The highest BCUT2D eigenvalue weighted by molar-refractivity contribution is 7.20. The van der Waals surface area contributed by atoms with Gasteiger partial charge < -0.3 is 5.32 Å². The number of hydrogen-bond donors (Lipinski definition) is 1. The highest BCUT2D eigenvalue weighted by atomic mass is 32.1. The van der Waals surface area contributed by atoms with Crippen LogP contribution in [0.15, 0.2) is 41.2 Å². The summed E-state index contributed by atoms with van der Waals surface area (Å²) in [5, 5.41) is 7.02. The Morgan fingerprint density at radius 3 is 2.64 bits per heavy atom. The number of rotatable bonds is 3. The van der Waals surface area contributed by atoms with Crippen molar-refractivity contribution >= 4 is 21.4 Å². The normalized spacial score (nSPS) is 11.8. The third-order valence-electron chi connectivity index (χ3n) is 2.83. The maximum Gasteiger partial charge on any atom is 0.433 e. The molecule has 0 amide bonds. The molecule has 1 aromatic carbocycles. The highest BCUT2D eigenvalue weighted by Gasteiger charge is 2.35. The van der Waals surface area contributed by atoms with Crippen molar-refractivity contribution in [3.63, 3.8) is 0 Å². The molecule has 0 atom stereocenters. The monoisotopic (exact) mass is 326 g/mol. The van der Waals surface area contributed by atoms with E-state index in [2.05, 4.69) is 15.4 Å². The number of anilines is 1. The van der Waals surface area contributed by atoms with Crippen molar-refractivity contribution in [2.24, 2.45) is 0 Å². The summed E-state index contributed by atoms with van der Waals surface area (Å²) in [6.07, 6.45) is -4.67. The van der Waals surface area contributed by atoms with Crippen molar-refractivity contribution in [3.8, 4) is 0 Å². The van der Waals surface area contributed by atoms with Crippen molar-refractivity contribution in [1.29, 1.82) is 0 Å². The predicted molar refractivity (Wildman–Crippen MR) is 75.9 cm³/mol. The van der Waals surface area contributed by atoms with Gasteiger partial charge in [0.25, 0.3) is 5.56 Å². The minimum absolute atomic E-state index is 0.101. The molecule has 0 aliphatic rings. The molecule has 114 valence electrons. The first-order chi connectivity index (χ1) is 10.4. The highest BCUT2D eigenvalue weighted by Crippen LogP contribution is 2.30. The number of alkyl halides is 3. The molecular weight excluding hydrogens is 317 g/mol. The third kappa shape index (κ3) is 2.93. The van der Waals surface area contributed by atoms with E-state index in [0.29, 0.717) is 17.1 Å². The lowest BCUT2D eigenvalue weighted by Crippen LogP contribution is -2.19. The second kappa shape index (κ2) is 5.41. The SMILES string of the molecule is O=c1cc(C(F)(F)F)n2nc(NCc3ccccc3)sc2n1. The Bertz CT molecular complexity index is 857. The van der Waals surface area contributed by atoms with Crippen molar-refractivity contribution < 1.29 is 13.2 Å². The molecule has 3 rings (SSSR count). The summed E-state index contributed by atoms with van der Waals surface area (Å²) in [4.78, 5) is 14.7. The number of fused-ring (bicyclic) bond motifs is 1. The lowest BCUT2D eigenvalue weighted by molar-refractivity contribution is -0.142. The summed E-state index contributed by atoms with van der Waals surface area (Å²) in [6.45, 7) is 0.410. The summed E-state index contributed by atoms with van der Waals surface area (Å²) < 4.78 is 39.4. The van der Waals surface area contributed by atoms with Crippen LogP contribution in [0.25, 0.3) is 4.96 Å². The first-order valence-corrected chi connectivity index (χ1v) is 7.01. The summed E-state index contributed by atoms with van der Waals surface area (Å²) in [6, 6.07) is 9.78. The molecule has 2 aromatic heterocycles. The van der Waals surface area contributed by atoms with Gasteiger partial charge in [0, 0.05) is 12.6 Å². The van der Waals surface area contributed by atoms with E-state index >= 15 is 0 Å². The van der Waals surface area contributed by atoms with Crippen LogP contribution in [0.4, 0.5) is 18.3 Å². The maximum absolute atomic E-state index is 12.9. The lowest BCUT2D eigenvalue weighted by Gasteiger charge is -2.06. The predicted octanol–water partition coefficient (Wildman–Crippen LogP) is 2.78. The fourth-order valence-electron chi connectivity index (χ4n) is 1.86. The standard InChI is InChI=1S/C13H9F3N4OS/c14-13(15,16)9-6-10(21)18-12-20(9)19-11(22-12)17-7-8-4-2-1-3-5-8/h1-6H,7H2,(H,17,19). The number of halogens is 3. The Labute approximate surface area is 126 Å². The molecule has 0 fully saturated rings. The van der Waals surface area contributed by atoms with Gasteiger partial charge in [-0.3, -0.25) is 4.79 Å². The van der Waals surface area contributed by atoms with Crippen LogP contribution in [0.1, 0.15) is 11.3 Å². The van der Waals surface area contributed by atoms with Crippen molar-refractivity contribution in [2.75, 3.05) is 5.32 Å². The van der Waals surface area contributed by atoms with E-state index in [1.807, 2.05) is 30.3 Å². The van der Waals surface area contributed by atoms with E-state index in [0.717, 1.165) is 16.9 Å². The quantitative estimate of drug-likeness (QED) is 0.804. The minimum Gasteiger partial charge on any atom is -0.356 e. The van der Waals surface area contributed by atoms with Crippen LogP contribution >= 0.6 is 11.3 Å². The van der Waals surface area contributed by atoms with Crippen LogP contribution in [-0.4, -0.2) is 14.6 Å². The van der Waals surface area contributed by atoms with Gasteiger partial charge in [-0.15, -0.1) is 5.10 Å². The summed E-state index contributed by atoms with van der Waals surface area (Å²) >= 11 is 0.891. The molecule has 0 spiro atoms. The Balaban J connectivity index is 1.94. The summed E-state index contributed by atoms with van der Waals surface area (Å²) in [5.41, 5.74) is -1.11. The Morgan fingerprint density at radius 1 is 1.23 bits per heavy atom. The summed E-state index contributed by atoms with van der Waals surface area (Å²) in [7, 11) is 0. The van der Waals surface area contributed by atoms with E-state index < -0.39 is 17.4 Å². The molecule has 22 heavy (non-hydrogen) atoms. The Morgan fingerprint density at radius 2 is 1.95 bits per heavy atom. The number of nitrogens with zero attached hydrogens (tertiary/aromatic N) is 3. The molecule has 0 radical (unpaired) electrons. The lowest BCUT2D eigenvalue weighted by atomic mass is 10.2. The first-order valence-electron chi connectivity index (χ1n) is 6.19. The van der Waals surface area contributed by atoms with Gasteiger partial charge in [-0.1, -0.05) is 41.7 Å². The van der Waals surface area contributed by atoms with Crippen LogP contribution in [-0.2, 0) is 12.7 Å². The first kappa shape index (κ1) is 14.5. The average Bonchev–Trinajstić information content (AvgIpc) is 2.87. The fourth-order valence-corrected chi connectivity index (χ4v) is 2.66. The molecule has 5 nitrogen and oxygen atoms in total. The van der Waals surface area contributed by atoms with Crippen LogP contribution in [0.2, 0.25) is 0 Å². The van der Waals surface area contributed by atoms with Crippen LogP contribution in [0.3, 0.4) is 0 Å². The smallest absolute Gasteiger partial charge is 0.356 e.